The first-order valence-electron chi connectivity index (χ1n) is 13.3. The molecule has 11 nitrogen and oxygen atoms in total. The second-order valence-electron chi connectivity index (χ2n) is 9.59. The summed E-state index contributed by atoms with van der Waals surface area (Å²) in [4.78, 5) is 51.9. The van der Waals surface area contributed by atoms with Gasteiger partial charge >= 0.3 is 6.01 Å². The maximum Gasteiger partial charge on any atom is 0.318 e. The summed E-state index contributed by atoms with van der Waals surface area (Å²) in [6.07, 6.45) is 2.27. The minimum Gasteiger partial charge on any atom is -0.463 e. The Kier molecular flexibility index (Phi) is 9.65. The molecular weight excluding hydrogens is 583 g/mol. The van der Waals surface area contributed by atoms with Crippen molar-refractivity contribution in [3.63, 3.8) is 0 Å². The maximum absolute atomic E-state index is 13.0. The van der Waals surface area contributed by atoms with Crippen molar-refractivity contribution in [2.24, 2.45) is 0 Å². The first-order chi connectivity index (χ1) is 20.4. The molecule has 2 amide bonds. The third-order valence-corrected chi connectivity index (χ3v) is 7.15. The Morgan fingerprint density at radius 2 is 1.90 bits per heavy atom. The van der Waals surface area contributed by atoms with Gasteiger partial charge in [0.2, 0.25) is 0 Å². The van der Waals surface area contributed by atoms with E-state index in [0.717, 1.165) is 44.8 Å². The molecule has 3 N–H and O–H groups in total. The van der Waals surface area contributed by atoms with Gasteiger partial charge in [-0.25, -0.2) is 4.98 Å². The van der Waals surface area contributed by atoms with Crippen LogP contribution in [0.15, 0.2) is 59.5 Å². The van der Waals surface area contributed by atoms with Crippen LogP contribution in [0.25, 0.3) is 11.0 Å². The van der Waals surface area contributed by atoms with Crippen LogP contribution in [0.2, 0.25) is 10.0 Å². The number of anilines is 1. The fourth-order valence-electron chi connectivity index (χ4n) is 4.37. The molecule has 0 spiro atoms. The number of aromatic nitrogens is 3. The van der Waals surface area contributed by atoms with Crippen LogP contribution in [0.4, 0.5) is 5.69 Å². The van der Waals surface area contributed by atoms with Gasteiger partial charge in [0.25, 0.3) is 17.4 Å². The summed E-state index contributed by atoms with van der Waals surface area (Å²) in [5.74, 6) is -1.08. The van der Waals surface area contributed by atoms with E-state index in [4.69, 9.17) is 32.7 Å². The standard InChI is InChI=1S/C29H28Cl2N6O5/c30-21-4-1-3-18(13-21)16-32-26(38)19-5-6-23(31)24(15-19)34-27(39)22-14-20-17-33-29(36-25(20)35-28(22)40)42-10-2-7-37-8-11-41-12-9-37/h1,3-6,13-15,17H,2,7-12,16H2,(H,32,38)(H,34,39)(H,33,35,36,40). The number of hydrogen-bond donors (Lipinski definition) is 3. The zero-order valence-corrected chi connectivity index (χ0v) is 24.0. The number of carbonyl (C=O) groups is 2. The summed E-state index contributed by atoms with van der Waals surface area (Å²) >= 11 is 12.3. The molecule has 1 aliphatic heterocycles. The highest BCUT2D eigenvalue weighted by Crippen LogP contribution is 2.24. The third-order valence-electron chi connectivity index (χ3n) is 6.59. The predicted molar refractivity (Wildman–Crippen MR) is 160 cm³/mol. The largest absolute Gasteiger partial charge is 0.463 e. The molecule has 218 valence electrons. The van der Waals surface area contributed by atoms with Gasteiger partial charge in [0, 0.05) is 48.3 Å². The number of carbonyl (C=O) groups excluding carboxylic acids is 2. The van der Waals surface area contributed by atoms with Crippen LogP contribution in [0.3, 0.4) is 0 Å². The van der Waals surface area contributed by atoms with Gasteiger partial charge in [-0.2, -0.15) is 4.98 Å². The maximum atomic E-state index is 13.0. The number of pyridine rings is 1. The van der Waals surface area contributed by atoms with Crippen molar-refractivity contribution in [3.05, 3.63) is 91.8 Å². The fraction of sp³-hybridized carbons (Fsp3) is 0.276. The lowest BCUT2D eigenvalue weighted by molar-refractivity contribution is 0.0356. The lowest BCUT2D eigenvalue weighted by atomic mass is 10.1. The zero-order valence-electron chi connectivity index (χ0n) is 22.5. The fourth-order valence-corrected chi connectivity index (χ4v) is 4.75. The highest BCUT2D eigenvalue weighted by Gasteiger charge is 2.17. The van der Waals surface area contributed by atoms with Crippen LogP contribution < -0.4 is 20.9 Å². The number of H-pyrrole nitrogens is 1. The lowest BCUT2D eigenvalue weighted by Crippen LogP contribution is -2.37. The smallest absolute Gasteiger partial charge is 0.318 e. The minimum absolute atomic E-state index is 0.134. The summed E-state index contributed by atoms with van der Waals surface area (Å²) in [5, 5.41) is 6.63. The number of benzene rings is 2. The molecule has 0 bridgehead atoms. The molecule has 3 heterocycles. The molecule has 1 saturated heterocycles. The molecule has 0 unspecified atom stereocenters. The first kappa shape index (κ1) is 29.5. The van der Waals surface area contributed by atoms with Crippen molar-refractivity contribution in [1.82, 2.24) is 25.2 Å². The van der Waals surface area contributed by atoms with Gasteiger partial charge in [-0.1, -0.05) is 35.3 Å². The molecule has 1 aliphatic rings. The Morgan fingerprint density at radius 1 is 1.07 bits per heavy atom. The van der Waals surface area contributed by atoms with Gasteiger partial charge in [0.1, 0.15) is 11.2 Å². The molecule has 0 radical (unpaired) electrons. The van der Waals surface area contributed by atoms with E-state index in [9.17, 15) is 14.4 Å². The van der Waals surface area contributed by atoms with E-state index in [1.165, 1.54) is 30.5 Å². The zero-order chi connectivity index (χ0) is 29.5. The number of amides is 2. The van der Waals surface area contributed by atoms with Gasteiger partial charge in [0.15, 0.2) is 0 Å². The molecular formula is C29H28Cl2N6O5. The lowest BCUT2D eigenvalue weighted by Gasteiger charge is -2.26. The molecule has 4 aromatic rings. The number of fused-ring (bicyclic) bond motifs is 1. The number of ether oxygens (including phenoxy) is 2. The summed E-state index contributed by atoms with van der Waals surface area (Å²) < 4.78 is 11.0. The summed E-state index contributed by atoms with van der Waals surface area (Å²) in [6, 6.07) is 13.1. The van der Waals surface area contributed by atoms with Crippen LogP contribution in [0.1, 0.15) is 32.7 Å². The number of nitrogens with one attached hydrogen (secondary N) is 3. The normalized spacial score (nSPS) is 13.6. The summed E-state index contributed by atoms with van der Waals surface area (Å²) in [6.45, 7) is 4.86. The van der Waals surface area contributed by atoms with E-state index < -0.39 is 11.5 Å². The molecule has 5 rings (SSSR count). The predicted octanol–water partition coefficient (Wildman–Crippen LogP) is 3.91. The van der Waals surface area contributed by atoms with Gasteiger partial charge in [-0.3, -0.25) is 19.3 Å². The van der Waals surface area contributed by atoms with Crippen molar-refractivity contribution >= 4 is 51.7 Å². The monoisotopic (exact) mass is 610 g/mol. The van der Waals surface area contributed by atoms with E-state index >= 15 is 0 Å². The molecule has 42 heavy (non-hydrogen) atoms. The van der Waals surface area contributed by atoms with E-state index in [2.05, 4.69) is 30.5 Å². The number of nitrogens with zero attached hydrogens (tertiary/aromatic N) is 3. The van der Waals surface area contributed by atoms with Crippen molar-refractivity contribution < 1.29 is 19.1 Å². The number of halogens is 2. The summed E-state index contributed by atoms with van der Waals surface area (Å²) in [5.41, 5.74) is 0.704. The van der Waals surface area contributed by atoms with Gasteiger partial charge < -0.3 is 25.1 Å². The Bertz CT molecular complexity index is 1660. The van der Waals surface area contributed by atoms with Crippen LogP contribution in [0.5, 0.6) is 6.01 Å². The third kappa shape index (κ3) is 7.62. The molecule has 0 aliphatic carbocycles. The molecule has 0 saturated carbocycles. The molecule has 2 aromatic heterocycles. The van der Waals surface area contributed by atoms with Crippen LogP contribution in [0, 0.1) is 0 Å². The second-order valence-corrected chi connectivity index (χ2v) is 10.4. The second kappa shape index (κ2) is 13.8. The number of aromatic amines is 1. The highest BCUT2D eigenvalue weighted by molar-refractivity contribution is 6.34. The van der Waals surface area contributed by atoms with Gasteiger partial charge in [-0.15, -0.1) is 0 Å². The molecule has 0 atom stereocenters. The molecule has 13 heteroatoms. The van der Waals surface area contributed by atoms with Crippen molar-refractivity contribution in [1.29, 1.82) is 0 Å². The molecule has 1 fully saturated rings. The SMILES string of the molecule is O=C(NCc1cccc(Cl)c1)c1ccc(Cl)c(NC(=O)c2cc3cnc(OCCCN4CCOCC4)nc3[nH]c2=O)c1. The molecule has 2 aromatic carbocycles. The van der Waals surface area contributed by atoms with Gasteiger partial charge in [-0.05, 0) is 48.4 Å². The minimum atomic E-state index is -0.708. The van der Waals surface area contributed by atoms with Crippen molar-refractivity contribution in [2.45, 2.75) is 13.0 Å². The number of rotatable bonds is 10. The van der Waals surface area contributed by atoms with Crippen LogP contribution in [-0.4, -0.2) is 71.1 Å². The number of hydrogen-bond acceptors (Lipinski definition) is 8. The first-order valence-corrected chi connectivity index (χ1v) is 14.1. The Labute approximate surface area is 251 Å². The van der Waals surface area contributed by atoms with E-state index in [1.54, 1.807) is 18.2 Å². The highest BCUT2D eigenvalue weighted by atomic mass is 35.5. The average Bonchev–Trinajstić information content (AvgIpc) is 2.99. The topological polar surface area (TPSA) is 139 Å². The van der Waals surface area contributed by atoms with Gasteiger partial charge in [0.05, 0.1) is 30.5 Å². The van der Waals surface area contributed by atoms with E-state index in [0.29, 0.717) is 17.0 Å². The quantitative estimate of drug-likeness (QED) is 0.230. The van der Waals surface area contributed by atoms with Crippen molar-refractivity contribution in [2.75, 3.05) is 44.8 Å². The average molecular weight is 611 g/mol. The number of morpholine rings is 1. The summed E-state index contributed by atoms with van der Waals surface area (Å²) in [7, 11) is 0. The van der Waals surface area contributed by atoms with Crippen LogP contribution in [-0.2, 0) is 11.3 Å². The Morgan fingerprint density at radius 3 is 2.71 bits per heavy atom. The van der Waals surface area contributed by atoms with Crippen LogP contribution >= 0.6 is 23.2 Å². The van der Waals surface area contributed by atoms with E-state index in [-0.39, 0.29) is 45.9 Å². The van der Waals surface area contributed by atoms with Crippen molar-refractivity contribution in [3.8, 4) is 6.01 Å². The Balaban J connectivity index is 1.21. The Hall–Kier alpha value is -4.03. The van der Waals surface area contributed by atoms with E-state index in [1.807, 2.05) is 6.07 Å².